The van der Waals surface area contributed by atoms with E-state index in [1.54, 1.807) is 6.33 Å². The van der Waals surface area contributed by atoms with Crippen molar-refractivity contribution in [3.05, 3.63) is 17.7 Å². The standard InChI is InChI=1S/C13H20N4O/c1-17(7-9-3-2-4-9)13(18)11-5-10-12(6-14-11)16-8-15-10/h8-9,11,14H,2-7H2,1H3,(H,15,16). The highest BCUT2D eigenvalue weighted by atomic mass is 16.2. The Kier molecular flexibility index (Phi) is 3.07. The van der Waals surface area contributed by atoms with Crippen LogP contribution < -0.4 is 5.32 Å². The van der Waals surface area contributed by atoms with Crippen LogP contribution in [-0.4, -0.2) is 40.4 Å². The van der Waals surface area contributed by atoms with Crippen LogP contribution in [0.15, 0.2) is 6.33 Å². The number of imidazole rings is 1. The molecular weight excluding hydrogens is 228 g/mol. The molecule has 1 fully saturated rings. The van der Waals surface area contributed by atoms with Gasteiger partial charge < -0.3 is 9.88 Å². The first-order valence-electron chi connectivity index (χ1n) is 6.73. The molecule has 2 N–H and O–H groups in total. The molecule has 1 unspecified atom stereocenters. The predicted octanol–water partition coefficient (Wildman–Crippen LogP) is 0.682. The highest BCUT2D eigenvalue weighted by molar-refractivity contribution is 5.82. The number of rotatable bonds is 3. The van der Waals surface area contributed by atoms with E-state index in [-0.39, 0.29) is 11.9 Å². The summed E-state index contributed by atoms with van der Waals surface area (Å²) >= 11 is 0. The smallest absolute Gasteiger partial charge is 0.239 e. The summed E-state index contributed by atoms with van der Waals surface area (Å²) in [5, 5.41) is 3.29. The zero-order chi connectivity index (χ0) is 12.5. The maximum Gasteiger partial charge on any atom is 0.239 e. The fourth-order valence-corrected chi connectivity index (χ4v) is 2.76. The van der Waals surface area contributed by atoms with Crippen molar-refractivity contribution < 1.29 is 4.79 Å². The number of H-pyrrole nitrogens is 1. The van der Waals surface area contributed by atoms with Crippen LogP contribution in [0.1, 0.15) is 30.7 Å². The molecule has 5 heteroatoms. The van der Waals surface area contributed by atoms with E-state index < -0.39 is 0 Å². The summed E-state index contributed by atoms with van der Waals surface area (Å²) < 4.78 is 0. The number of hydrogen-bond acceptors (Lipinski definition) is 3. The summed E-state index contributed by atoms with van der Waals surface area (Å²) in [6, 6.07) is -0.106. The van der Waals surface area contributed by atoms with E-state index in [2.05, 4.69) is 15.3 Å². The normalized spacial score (nSPS) is 23.3. The van der Waals surface area contributed by atoms with Crippen LogP contribution in [0, 0.1) is 5.92 Å². The summed E-state index contributed by atoms with van der Waals surface area (Å²) in [7, 11) is 1.92. The summed E-state index contributed by atoms with van der Waals surface area (Å²) in [6.45, 7) is 1.62. The second kappa shape index (κ2) is 4.72. The van der Waals surface area contributed by atoms with Crippen molar-refractivity contribution >= 4 is 5.91 Å². The molecule has 1 aromatic rings. The Morgan fingerprint density at radius 1 is 1.56 bits per heavy atom. The first-order chi connectivity index (χ1) is 8.74. The molecule has 18 heavy (non-hydrogen) atoms. The van der Waals surface area contributed by atoms with Gasteiger partial charge in [0.05, 0.1) is 23.8 Å². The van der Waals surface area contributed by atoms with Crippen molar-refractivity contribution in [2.45, 2.75) is 38.3 Å². The van der Waals surface area contributed by atoms with E-state index >= 15 is 0 Å². The van der Waals surface area contributed by atoms with E-state index in [1.807, 2.05) is 11.9 Å². The highest BCUT2D eigenvalue weighted by Crippen LogP contribution is 2.27. The second-order valence-electron chi connectivity index (χ2n) is 5.48. The number of nitrogens with zero attached hydrogens (tertiary/aromatic N) is 2. The second-order valence-corrected chi connectivity index (χ2v) is 5.48. The van der Waals surface area contributed by atoms with E-state index in [1.165, 1.54) is 19.3 Å². The molecule has 1 aliphatic heterocycles. The largest absolute Gasteiger partial charge is 0.347 e. The highest BCUT2D eigenvalue weighted by Gasteiger charge is 2.29. The number of carbonyl (C=O) groups is 1. The average molecular weight is 248 g/mol. The van der Waals surface area contributed by atoms with Gasteiger partial charge in [-0.3, -0.25) is 10.1 Å². The van der Waals surface area contributed by atoms with Gasteiger partial charge in [0, 0.05) is 26.6 Å². The molecule has 0 spiro atoms. The maximum absolute atomic E-state index is 12.3. The first kappa shape index (κ1) is 11.7. The topological polar surface area (TPSA) is 61.0 Å². The van der Waals surface area contributed by atoms with Gasteiger partial charge in [-0.15, -0.1) is 0 Å². The molecule has 3 rings (SSSR count). The van der Waals surface area contributed by atoms with Gasteiger partial charge in [0.2, 0.25) is 5.91 Å². The molecule has 0 saturated heterocycles. The average Bonchev–Trinajstić information content (AvgIpc) is 2.79. The third kappa shape index (κ3) is 2.14. The third-order valence-electron chi connectivity index (χ3n) is 4.16. The van der Waals surface area contributed by atoms with Crippen molar-refractivity contribution in [3.8, 4) is 0 Å². The number of amides is 1. The first-order valence-corrected chi connectivity index (χ1v) is 6.73. The Bertz CT molecular complexity index is 438. The molecule has 1 saturated carbocycles. The van der Waals surface area contributed by atoms with Gasteiger partial charge in [-0.2, -0.15) is 0 Å². The monoisotopic (exact) mass is 248 g/mol. The maximum atomic E-state index is 12.3. The third-order valence-corrected chi connectivity index (χ3v) is 4.16. The Balaban J connectivity index is 1.59. The van der Waals surface area contributed by atoms with Gasteiger partial charge in [0.15, 0.2) is 0 Å². The van der Waals surface area contributed by atoms with Gasteiger partial charge in [-0.05, 0) is 18.8 Å². The minimum absolute atomic E-state index is 0.106. The molecule has 2 heterocycles. The quantitative estimate of drug-likeness (QED) is 0.827. The Hall–Kier alpha value is -1.36. The van der Waals surface area contributed by atoms with E-state index in [0.717, 1.165) is 23.9 Å². The number of fused-ring (bicyclic) bond motifs is 1. The fourth-order valence-electron chi connectivity index (χ4n) is 2.76. The molecule has 0 aromatic carbocycles. The summed E-state index contributed by atoms with van der Waals surface area (Å²) in [6.07, 6.45) is 6.29. The lowest BCUT2D eigenvalue weighted by molar-refractivity contribution is -0.133. The molecule has 2 aliphatic rings. The van der Waals surface area contributed by atoms with Gasteiger partial charge in [-0.25, -0.2) is 4.98 Å². The zero-order valence-electron chi connectivity index (χ0n) is 10.8. The Morgan fingerprint density at radius 3 is 3.11 bits per heavy atom. The van der Waals surface area contributed by atoms with Gasteiger partial charge in [0.1, 0.15) is 0 Å². The van der Waals surface area contributed by atoms with E-state index in [4.69, 9.17) is 0 Å². The van der Waals surface area contributed by atoms with E-state index in [9.17, 15) is 4.79 Å². The van der Waals surface area contributed by atoms with Crippen LogP contribution in [0.3, 0.4) is 0 Å². The van der Waals surface area contributed by atoms with Crippen molar-refractivity contribution in [2.24, 2.45) is 5.92 Å². The summed E-state index contributed by atoms with van der Waals surface area (Å²) in [5.74, 6) is 0.930. The van der Waals surface area contributed by atoms with Crippen LogP contribution in [0.2, 0.25) is 0 Å². The fraction of sp³-hybridized carbons (Fsp3) is 0.692. The lowest BCUT2D eigenvalue weighted by atomic mass is 9.85. The zero-order valence-corrected chi connectivity index (χ0v) is 10.8. The van der Waals surface area contributed by atoms with Crippen molar-refractivity contribution in [1.82, 2.24) is 20.2 Å². The van der Waals surface area contributed by atoms with Crippen molar-refractivity contribution in [3.63, 3.8) is 0 Å². The van der Waals surface area contributed by atoms with Crippen LogP contribution in [0.4, 0.5) is 0 Å². The van der Waals surface area contributed by atoms with Crippen LogP contribution in [-0.2, 0) is 17.8 Å². The number of nitrogens with one attached hydrogen (secondary N) is 2. The molecule has 1 aromatic heterocycles. The predicted molar refractivity (Wildman–Crippen MR) is 67.9 cm³/mol. The van der Waals surface area contributed by atoms with Crippen molar-refractivity contribution in [1.29, 1.82) is 0 Å². The molecule has 1 aliphatic carbocycles. The molecule has 0 bridgehead atoms. The number of carbonyl (C=O) groups excluding carboxylic acids is 1. The van der Waals surface area contributed by atoms with Gasteiger partial charge in [0.25, 0.3) is 0 Å². The van der Waals surface area contributed by atoms with Gasteiger partial charge in [-0.1, -0.05) is 6.42 Å². The van der Waals surface area contributed by atoms with Crippen LogP contribution >= 0.6 is 0 Å². The minimum atomic E-state index is -0.106. The number of likely N-dealkylation sites (N-methyl/N-ethyl adjacent to an activating group) is 1. The molecule has 5 nitrogen and oxygen atoms in total. The lowest BCUT2D eigenvalue weighted by Gasteiger charge is -2.33. The number of hydrogen-bond donors (Lipinski definition) is 2. The van der Waals surface area contributed by atoms with Gasteiger partial charge >= 0.3 is 0 Å². The van der Waals surface area contributed by atoms with Crippen LogP contribution in [0.25, 0.3) is 0 Å². The SMILES string of the molecule is CN(CC1CCC1)C(=O)C1Cc2nc[nH]c2CN1. The summed E-state index contributed by atoms with van der Waals surface area (Å²) in [5.41, 5.74) is 2.14. The molecule has 1 amide bonds. The van der Waals surface area contributed by atoms with Crippen molar-refractivity contribution in [2.75, 3.05) is 13.6 Å². The van der Waals surface area contributed by atoms with E-state index in [0.29, 0.717) is 13.0 Å². The number of aromatic amines is 1. The Labute approximate surface area is 107 Å². The minimum Gasteiger partial charge on any atom is -0.347 e. The lowest BCUT2D eigenvalue weighted by Crippen LogP contribution is -2.49. The molecular formula is C13H20N4O. The Morgan fingerprint density at radius 2 is 2.39 bits per heavy atom. The molecule has 1 atom stereocenters. The molecule has 98 valence electrons. The summed E-state index contributed by atoms with van der Waals surface area (Å²) in [4.78, 5) is 21.6. The van der Waals surface area contributed by atoms with Crippen LogP contribution in [0.5, 0.6) is 0 Å². The number of aromatic nitrogens is 2. The molecule has 0 radical (unpaired) electrons.